The van der Waals surface area contributed by atoms with Crippen molar-refractivity contribution in [2.24, 2.45) is 5.73 Å². The Morgan fingerprint density at radius 1 is 1.56 bits per heavy atom. The maximum atomic E-state index is 13.4. The van der Waals surface area contributed by atoms with E-state index in [0.29, 0.717) is 25.2 Å². The minimum atomic E-state index is -0.750. The monoisotopic (exact) mass is 257 g/mol. The molecule has 0 aromatic heterocycles. The average molecular weight is 257 g/mol. The largest absolute Gasteiger partial charge is 0.494 e. The van der Waals surface area contributed by atoms with E-state index in [4.69, 9.17) is 10.5 Å². The number of methoxy groups -OCH3 is 1. The molecular weight excluding hydrogens is 241 g/mol. The molecule has 1 aromatic carbocycles. The molecular formula is C11H16FN3O3. The van der Waals surface area contributed by atoms with E-state index in [-0.39, 0.29) is 11.4 Å². The number of anilines is 1. The molecule has 1 aromatic rings. The van der Waals surface area contributed by atoms with Gasteiger partial charge in [-0.1, -0.05) is 0 Å². The first-order valence-electron chi connectivity index (χ1n) is 5.44. The lowest BCUT2D eigenvalue weighted by atomic mass is 10.2. The molecule has 2 N–H and O–H groups in total. The summed E-state index contributed by atoms with van der Waals surface area (Å²) in [5, 5.41) is 10.9. The molecule has 0 aliphatic carbocycles. The Balaban J connectivity index is 3.17. The van der Waals surface area contributed by atoms with Crippen molar-refractivity contribution in [1.82, 2.24) is 0 Å². The van der Waals surface area contributed by atoms with E-state index in [2.05, 4.69) is 0 Å². The molecule has 0 bridgehead atoms. The van der Waals surface area contributed by atoms with E-state index in [1.165, 1.54) is 13.2 Å². The third-order valence-electron chi connectivity index (χ3n) is 2.55. The fourth-order valence-electron chi connectivity index (χ4n) is 1.59. The van der Waals surface area contributed by atoms with Crippen molar-refractivity contribution >= 4 is 11.4 Å². The Kier molecular flexibility index (Phi) is 4.85. The number of nitro groups is 1. The van der Waals surface area contributed by atoms with Gasteiger partial charge in [0.2, 0.25) is 0 Å². The highest BCUT2D eigenvalue weighted by molar-refractivity contribution is 5.65. The van der Waals surface area contributed by atoms with Gasteiger partial charge < -0.3 is 15.4 Å². The summed E-state index contributed by atoms with van der Waals surface area (Å²) in [4.78, 5) is 11.9. The van der Waals surface area contributed by atoms with Gasteiger partial charge in [0.25, 0.3) is 5.69 Å². The number of nitrogens with zero attached hydrogens (tertiary/aromatic N) is 2. The maximum absolute atomic E-state index is 13.4. The molecule has 7 heteroatoms. The van der Waals surface area contributed by atoms with E-state index >= 15 is 0 Å². The molecule has 0 radical (unpaired) electrons. The second-order valence-corrected chi connectivity index (χ2v) is 3.80. The lowest BCUT2D eigenvalue weighted by Crippen LogP contribution is -2.22. The van der Waals surface area contributed by atoms with Gasteiger partial charge in [-0.25, -0.2) is 4.39 Å². The average Bonchev–Trinajstić information content (AvgIpc) is 2.35. The van der Waals surface area contributed by atoms with E-state index in [1.807, 2.05) is 0 Å². The molecule has 0 heterocycles. The number of ether oxygens (including phenoxy) is 1. The minimum Gasteiger partial charge on any atom is -0.494 e. The first-order valence-corrected chi connectivity index (χ1v) is 5.44. The van der Waals surface area contributed by atoms with Crippen molar-refractivity contribution in [3.05, 3.63) is 28.1 Å². The van der Waals surface area contributed by atoms with Crippen LogP contribution in [0.4, 0.5) is 15.8 Å². The topological polar surface area (TPSA) is 81.6 Å². The van der Waals surface area contributed by atoms with Gasteiger partial charge in [-0.05, 0) is 13.0 Å². The number of halogens is 1. The Hall–Kier alpha value is -1.89. The summed E-state index contributed by atoms with van der Waals surface area (Å²) in [5.41, 5.74) is 5.42. The van der Waals surface area contributed by atoms with Crippen LogP contribution in [0.3, 0.4) is 0 Å². The van der Waals surface area contributed by atoms with Crippen LogP contribution in [0, 0.1) is 15.9 Å². The van der Waals surface area contributed by atoms with Crippen molar-refractivity contribution in [1.29, 1.82) is 0 Å². The zero-order chi connectivity index (χ0) is 13.7. The fourth-order valence-corrected chi connectivity index (χ4v) is 1.59. The van der Waals surface area contributed by atoms with Gasteiger partial charge in [0, 0.05) is 19.7 Å². The number of benzene rings is 1. The molecule has 0 fully saturated rings. The first kappa shape index (κ1) is 14.2. The molecule has 100 valence electrons. The Labute approximate surface area is 104 Å². The summed E-state index contributed by atoms with van der Waals surface area (Å²) < 4.78 is 18.3. The second-order valence-electron chi connectivity index (χ2n) is 3.80. The lowest BCUT2D eigenvalue weighted by molar-refractivity contribution is -0.384. The number of hydrogen-bond donors (Lipinski definition) is 1. The van der Waals surface area contributed by atoms with Crippen molar-refractivity contribution in [2.45, 2.75) is 6.42 Å². The van der Waals surface area contributed by atoms with Crippen LogP contribution in [0.25, 0.3) is 0 Å². The summed E-state index contributed by atoms with van der Waals surface area (Å²) in [6, 6.07) is 2.19. The lowest BCUT2D eigenvalue weighted by Gasteiger charge is -2.19. The molecule has 0 saturated heterocycles. The molecule has 6 nitrogen and oxygen atoms in total. The zero-order valence-corrected chi connectivity index (χ0v) is 10.4. The van der Waals surface area contributed by atoms with E-state index < -0.39 is 10.7 Å². The van der Waals surface area contributed by atoms with Crippen LogP contribution < -0.4 is 15.4 Å². The predicted octanol–water partition coefficient (Wildman–Crippen LogP) is 1.53. The second kappa shape index (κ2) is 6.15. The zero-order valence-electron chi connectivity index (χ0n) is 10.4. The summed E-state index contributed by atoms with van der Waals surface area (Å²) in [6.45, 7) is 1.03. The number of nitro benzene ring substituents is 1. The van der Waals surface area contributed by atoms with Crippen LogP contribution in [-0.2, 0) is 0 Å². The highest BCUT2D eigenvalue weighted by Crippen LogP contribution is 2.33. The summed E-state index contributed by atoms with van der Waals surface area (Å²) >= 11 is 0. The third-order valence-corrected chi connectivity index (χ3v) is 2.55. The molecule has 1 rings (SSSR count). The van der Waals surface area contributed by atoms with Crippen LogP contribution in [-0.4, -0.2) is 32.2 Å². The van der Waals surface area contributed by atoms with Crippen LogP contribution in [0.5, 0.6) is 5.75 Å². The van der Waals surface area contributed by atoms with Crippen molar-refractivity contribution in [3.63, 3.8) is 0 Å². The predicted molar refractivity (Wildman–Crippen MR) is 66.5 cm³/mol. The maximum Gasteiger partial charge on any atom is 0.295 e. The van der Waals surface area contributed by atoms with Crippen molar-refractivity contribution in [3.8, 4) is 5.75 Å². The minimum absolute atomic E-state index is 0.0183. The normalized spacial score (nSPS) is 10.2. The van der Waals surface area contributed by atoms with Crippen molar-refractivity contribution in [2.75, 3.05) is 32.1 Å². The first-order chi connectivity index (χ1) is 8.51. The van der Waals surface area contributed by atoms with Crippen LogP contribution in [0.2, 0.25) is 0 Å². The highest BCUT2D eigenvalue weighted by Gasteiger charge is 2.21. The van der Waals surface area contributed by atoms with Gasteiger partial charge in [0.05, 0.1) is 18.1 Å². The van der Waals surface area contributed by atoms with Gasteiger partial charge >= 0.3 is 0 Å². The molecule has 0 unspecified atom stereocenters. The highest BCUT2D eigenvalue weighted by atomic mass is 19.1. The molecule has 0 spiro atoms. The van der Waals surface area contributed by atoms with Crippen LogP contribution in [0.1, 0.15) is 6.42 Å². The third kappa shape index (κ3) is 3.07. The van der Waals surface area contributed by atoms with E-state index in [0.717, 1.165) is 6.07 Å². The van der Waals surface area contributed by atoms with Gasteiger partial charge in [-0.2, -0.15) is 0 Å². The molecule has 0 atom stereocenters. The van der Waals surface area contributed by atoms with Gasteiger partial charge in [-0.3, -0.25) is 10.1 Å². The summed E-state index contributed by atoms with van der Waals surface area (Å²) in [6.07, 6.45) is 0.688. The molecule has 0 amide bonds. The number of nitrogens with two attached hydrogens (primary N) is 1. The van der Waals surface area contributed by atoms with Crippen molar-refractivity contribution < 1.29 is 14.1 Å². The van der Waals surface area contributed by atoms with Crippen LogP contribution >= 0.6 is 0 Å². The molecule has 18 heavy (non-hydrogen) atoms. The number of hydrogen-bond acceptors (Lipinski definition) is 5. The molecule has 0 aliphatic heterocycles. The quantitative estimate of drug-likeness (QED) is 0.617. The standard InChI is InChI=1S/C11H16FN3O3/c1-14(5-3-4-13)9-7-11(18-2)8(12)6-10(9)15(16)17/h6-7H,3-5,13H2,1-2H3. The Morgan fingerprint density at radius 2 is 2.22 bits per heavy atom. The SMILES string of the molecule is COc1cc(N(C)CCCN)c([N+](=O)[O-])cc1F. The van der Waals surface area contributed by atoms with Gasteiger partial charge in [0.1, 0.15) is 5.69 Å². The Bertz CT molecular complexity index is 440. The van der Waals surface area contributed by atoms with Crippen LogP contribution in [0.15, 0.2) is 12.1 Å². The van der Waals surface area contributed by atoms with Gasteiger partial charge in [0.15, 0.2) is 11.6 Å². The molecule has 0 aliphatic rings. The molecule has 0 saturated carbocycles. The van der Waals surface area contributed by atoms with E-state index in [9.17, 15) is 14.5 Å². The summed E-state index contributed by atoms with van der Waals surface area (Å²) in [7, 11) is 3.00. The smallest absolute Gasteiger partial charge is 0.295 e. The van der Waals surface area contributed by atoms with Gasteiger partial charge in [-0.15, -0.1) is 0 Å². The fraction of sp³-hybridized carbons (Fsp3) is 0.455. The van der Waals surface area contributed by atoms with E-state index in [1.54, 1.807) is 11.9 Å². The summed E-state index contributed by atoms with van der Waals surface area (Å²) in [5.74, 6) is -0.768. The Morgan fingerprint density at radius 3 is 2.72 bits per heavy atom. The number of rotatable bonds is 6.